The SMILES string of the molecule is Cl.Cn1nnc(CN)c1C(F)F. The minimum atomic E-state index is -2.56. The van der Waals surface area contributed by atoms with E-state index >= 15 is 0 Å². The van der Waals surface area contributed by atoms with Crippen LogP contribution in [0.1, 0.15) is 17.8 Å². The maximum Gasteiger partial charge on any atom is 0.281 e. The zero-order valence-corrected chi connectivity index (χ0v) is 7.18. The van der Waals surface area contributed by atoms with Crippen molar-refractivity contribution in [3.63, 3.8) is 0 Å². The van der Waals surface area contributed by atoms with Gasteiger partial charge >= 0.3 is 0 Å². The Labute approximate surface area is 74.1 Å². The Balaban J connectivity index is 0.00000121. The second-order valence-corrected chi connectivity index (χ2v) is 2.05. The van der Waals surface area contributed by atoms with Crippen LogP contribution >= 0.6 is 12.4 Å². The molecule has 0 radical (unpaired) electrons. The number of hydrogen-bond donors (Lipinski definition) is 1. The Morgan fingerprint density at radius 2 is 2.17 bits per heavy atom. The van der Waals surface area contributed by atoms with E-state index in [1.54, 1.807) is 0 Å². The average Bonchev–Trinajstić information content (AvgIpc) is 2.30. The Morgan fingerprint density at radius 1 is 1.58 bits per heavy atom. The second-order valence-electron chi connectivity index (χ2n) is 2.05. The van der Waals surface area contributed by atoms with E-state index in [1.165, 1.54) is 7.05 Å². The first-order valence-electron chi connectivity index (χ1n) is 3.03. The van der Waals surface area contributed by atoms with Crippen LogP contribution in [0.4, 0.5) is 8.78 Å². The fourth-order valence-electron chi connectivity index (χ4n) is 0.820. The summed E-state index contributed by atoms with van der Waals surface area (Å²) in [7, 11) is 1.41. The van der Waals surface area contributed by atoms with Crippen molar-refractivity contribution in [3.05, 3.63) is 11.4 Å². The average molecular weight is 199 g/mol. The zero-order valence-electron chi connectivity index (χ0n) is 6.37. The lowest BCUT2D eigenvalue weighted by molar-refractivity contribution is 0.139. The van der Waals surface area contributed by atoms with Gasteiger partial charge < -0.3 is 5.73 Å². The lowest BCUT2D eigenvalue weighted by Gasteiger charge is -1.99. The summed E-state index contributed by atoms with van der Waals surface area (Å²) in [6.45, 7) is -0.00644. The number of alkyl halides is 2. The van der Waals surface area contributed by atoms with E-state index in [1.807, 2.05) is 0 Å². The standard InChI is InChI=1S/C5H8F2N4.ClH/c1-11-4(5(6)7)3(2-8)9-10-11;/h5H,2,8H2,1H3;1H. The molecule has 1 heterocycles. The molecule has 1 aromatic heterocycles. The lowest BCUT2D eigenvalue weighted by atomic mass is 10.3. The molecule has 0 saturated carbocycles. The lowest BCUT2D eigenvalue weighted by Crippen LogP contribution is -2.04. The Morgan fingerprint density at radius 3 is 2.50 bits per heavy atom. The highest BCUT2D eigenvalue weighted by Gasteiger charge is 2.18. The molecule has 0 amide bonds. The van der Waals surface area contributed by atoms with Gasteiger partial charge in [0.05, 0.1) is 0 Å². The van der Waals surface area contributed by atoms with Crippen LogP contribution in [0.5, 0.6) is 0 Å². The smallest absolute Gasteiger partial charge is 0.281 e. The number of nitrogens with zero attached hydrogens (tertiary/aromatic N) is 3. The van der Waals surface area contributed by atoms with Crippen LogP contribution < -0.4 is 5.73 Å². The van der Waals surface area contributed by atoms with Crippen molar-refractivity contribution in [2.45, 2.75) is 13.0 Å². The summed E-state index contributed by atoms with van der Waals surface area (Å²) in [5.74, 6) is 0. The van der Waals surface area contributed by atoms with Gasteiger partial charge in [-0.2, -0.15) is 0 Å². The number of nitrogens with two attached hydrogens (primary N) is 1. The first-order valence-corrected chi connectivity index (χ1v) is 3.03. The molecule has 1 aromatic rings. The maximum absolute atomic E-state index is 12.2. The predicted octanol–water partition coefficient (Wildman–Crippen LogP) is 0.633. The van der Waals surface area contributed by atoms with Gasteiger partial charge in [-0.15, -0.1) is 17.5 Å². The number of halogens is 3. The van der Waals surface area contributed by atoms with Gasteiger partial charge in [0.15, 0.2) is 0 Å². The molecule has 0 saturated heterocycles. The fraction of sp³-hybridized carbons (Fsp3) is 0.600. The van der Waals surface area contributed by atoms with Gasteiger partial charge in [-0.3, -0.25) is 0 Å². The third-order valence-corrected chi connectivity index (χ3v) is 1.34. The van der Waals surface area contributed by atoms with E-state index in [9.17, 15) is 8.78 Å². The molecule has 70 valence electrons. The molecule has 7 heteroatoms. The minimum absolute atomic E-state index is 0. The summed E-state index contributed by atoms with van der Waals surface area (Å²) in [5.41, 5.74) is 5.11. The predicted molar refractivity (Wildman–Crippen MR) is 41.1 cm³/mol. The number of rotatable bonds is 2. The first kappa shape index (κ1) is 11.2. The molecule has 0 fully saturated rings. The van der Waals surface area contributed by atoms with Gasteiger partial charge in [-0.05, 0) is 0 Å². The van der Waals surface area contributed by atoms with Crippen molar-refractivity contribution in [3.8, 4) is 0 Å². The van der Waals surface area contributed by atoms with Gasteiger partial charge in [0.25, 0.3) is 6.43 Å². The maximum atomic E-state index is 12.2. The summed E-state index contributed by atoms with van der Waals surface area (Å²) < 4.78 is 25.3. The molecule has 4 nitrogen and oxygen atoms in total. The molecule has 0 aromatic carbocycles. The van der Waals surface area contributed by atoms with Crippen molar-refractivity contribution in [2.75, 3.05) is 0 Å². The molecule has 0 aliphatic heterocycles. The van der Waals surface area contributed by atoms with Gasteiger partial charge in [-0.1, -0.05) is 5.21 Å². The molecule has 0 spiro atoms. The van der Waals surface area contributed by atoms with Crippen LogP contribution in [0.25, 0.3) is 0 Å². The highest BCUT2D eigenvalue weighted by atomic mass is 35.5. The molecule has 0 unspecified atom stereocenters. The minimum Gasteiger partial charge on any atom is -0.325 e. The summed E-state index contributed by atoms with van der Waals surface area (Å²) in [6.07, 6.45) is -2.56. The Kier molecular flexibility index (Phi) is 4.05. The van der Waals surface area contributed by atoms with Crippen molar-refractivity contribution in [1.82, 2.24) is 15.0 Å². The highest BCUT2D eigenvalue weighted by Crippen LogP contribution is 2.19. The number of aromatic nitrogens is 3. The van der Waals surface area contributed by atoms with Crippen molar-refractivity contribution >= 4 is 12.4 Å². The highest BCUT2D eigenvalue weighted by molar-refractivity contribution is 5.85. The van der Waals surface area contributed by atoms with Crippen LogP contribution in [-0.2, 0) is 13.6 Å². The van der Waals surface area contributed by atoms with E-state index in [0.29, 0.717) is 0 Å². The van der Waals surface area contributed by atoms with Crippen LogP contribution in [0, 0.1) is 0 Å². The molecule has 2 N–H and O–H groups in total. The van der Waals surface area contributed by atoms with Crippen LogP contribution in [0.2, 0.25) is 0 Å². The Hall–Kier alpha value is -0.750. The normalized spacial score (nSPS) is 10.1. The summed E-state index contributed by atoms with van der Waals surface area (Å²) in [4.78, 5) is 0. The summed E-state index contributed by atoms with van der Waals surface area (Å²) >= 11 is 0. The number of aryl methyl sites for hydroxylation is 1. The first-order chi connectivity index (χ1) is 5.16. The second kappa shape index (κ2) is 4.32. The number of hydrogen-bond acceptors (Lipinski definition) is 3. The molecule has 0 aliphatic rings. The molecule has 0 bridgehead atoms. The van der Waals surface area contributed by atoms with Crippen LogP contribution in [0.15, 0.2) is 0 Å². The van der Waals surface area contributed by atoms with Gasteiger partial charge in [-0.25, -0.2) is 13.5 Å². The largest absolute Gasteiger partial charge is 0.325 e. The molecule has 0 atom stereocenters. The molecular weight excluding hydrogens is 190 g/mol. The monoisotopic (exact) mass is 198 g/mol. The third kappa shape index (κ3) is 1.89. The summed E-state index contributed by atoms with van der Waals surface area (Å²) in [6, 6.07) is 0. The van der Waals surface area contributed by atoms with E-state index in [2.05, 4.69) is 10.3 Å². The van der Waals surface area contributed by atoms with E-state index < -0.39 is 6.43 Å². The van der Waals surface area contributed by atoms with Crippen molar-refractivity contribution in [2.24, 2.45) is 12.8 Å². The molecule has 12 heavy (non-hydrogen) atoms. The quantitative estimate of drug-likeness (QED) is 0.759. The fourth-order valence-corrected chi connectivity index (χ4v) is 0.820. The van der Waals surface area contributed by atoms with Crippen molar-refractivity contribution in [1.29, 1.82) is 0 Å². The molecule has 0 aliphatic carbocycles. The van der Waals surface area contributed by atoms with E-state index in [-0.39, 0.29) is 30.3 Å². The zero-order chi connectivity index (χ0) is 8.43. The van der Waals surface area contributed by atoms with E-state index in [4.69, 9.17) is 5.73 Å². The van der Waals surface area contributed by atoms with Crippen LogP contribution in [-0.4, -0.2) is 15.0 Å². The van der Waals surface area contributed by atoms with E-state index in [0.717, 1.165) is 4.68 Å². The topological polar surface area (TPSA) is 56.7 Å². The van der Waals surface area contributed by atoms with Crippen molar-refractivity contribution < 1.29 is 8.78 Å². The Bertz CT molecular complexity index is 250. The molecular formula is C5H9ClF2N4. The summed E-state index contributed by atoms with van der Waals surface area (Å²) in [5, 5.41) is 6.88. The van der Waals surface area contributed by atoms with Gasteiger partial charge in [0.2, 0.25) is 0 Å². The van der Waals surface area contributed by atoms with Gasteiger partial charge in [0.1, 0.15) is 11.4 Å². The molecule has 1 rings (SSSR count). The van der Waals surface area contributed by atoms with Gasteiger partial charge in [0, 0.05) is 13.6 Å². The third-order valence-electron chi connectivity index (χ3n) is 1.34. The van der Waals surface area contributed by atoms with Crippen LogP contribution in [0.3, 0.4) is 0 Å².